The number of nitrogens with one attached hydrogen (secondary N) is 1. The van der Waals surface area contributed by atoms with Crippen molar-refractivity contribution < 1.29 is 14.3 Å². The fourth-order valence-corrected chi connectivity index (χ4v) is 3.82. The summed E-state index contributed by atoms with van der Waals surface area (Å²) in [5, 5.41) is 6.33. The molecule has 1 heterocycles. The van der Waals surface area contributed by atoms with Gasteiger partial charge in [-0.2, -0.15) is 0 Å². The van der Waals surface area contributed by atoms with Crippen LogP contribution in [-0.4, -0.2) is 34.8 Å². The number of aryl methyl sites for hydroxylation is 2. The Morgan fingerprint density at radius 1 is 1.21 bits per heavy atom. The van der Waals surface area contributed by atoms with Crippen molar-refractivity contribution in [2.24, 2.45) is 0 Å². The van der Waals surface area contributed by atoms with Gasteiger partial charge in [-0.25, -0.2) is 4.98 Å². The first kappa shape index (κ1) is 24.5. The molecule has 0 saturated heterocycles. The Kier molecular flexibility index (Phi) is 8.63. The molecule has 0 atom stereocenters. The quantitative estimate of drug-likeness (QED) is 0.408. The molecule has 0 radical (unpaired) electrons. The predicted molar refractivity (Wildman–Crippen MR) is 134 cm³/mol. The van der Waals surface area contributed by atoms with E-state index in [0.717, 1.165) is 21.8 Å². The number of hydrogen-bond acceptors (Lipinski definition) is 5. The molecule has 0 saturated carbocycles. The van der Waals surface area contributed by atoms with E-state index in [1.807, 2.05) is 56.5 Å². The molecule has 0 spiro atoms. The second-order valence-electron chi connectivity index (χ2n) is 7.41. The Labute approximate surface area is 202 Å². The fourth-order valence-electron chi connectivity index (χ4n) is 3.05. The average molecular weight is 484 g/mol. The second kappa shape index (κ2) is 11.6. The lowest BCUT2D eigenvalue weighted by Crippen LogP contribution is -2.37. The monoisotopic (exact) mass is 483 g/mol. The molecule has 1 N–H and O–H groups in total. The largest absolute Gasteiger partial charge is 0.487 e. The average Bonchev–Trinajstić information content (AvgIpc) is 3.22. The first-order chi connectivity index (χ1) is 15.8. The van der Waals surface area contributed by atoms with Gasteiger partial charge < -0.3 is 15.0 Å². The summed E-state index contributed by atoms with van der Waals surface area (Å²) in [6, 6.07) is 12.8. The van der Waals surface area contributed by atoms with Crippen molar-refractivity contribution >= 4 is 46.5 Å². The molecule has 3 rings (SSSR count). The molecular formula is C25H26ClN3O3S. The highest BCUT2D eigenvalue weighted by Gasteiger charge is 2.14. The first-order valence-electron chi connectivity index (χ1n) is 10.5. The summed E-state index contributed by atoms with van der Waals surface area (Å²) in [7, 11) is 0. The maximum absolute atomic E-state index is 12.7. The number of thiazole rings is 1. The summed E-state index contributed by atoms with van der Waals surface area (Å²) in [5.74, 6) is 0.162. The van der Waals surface area contributed by atoms with Gasteiger partial charge in [-0.15, -0.1) is 11.3 Å². The standard InChI is InChI=1S/C25H26ClN3O3S/c1-4-29(14-24(30)28-23-13-20(26)10-8-17(23)2)25(31)11-9-19-6-5-7-22(12-19)32-15-21-16-33-18(3)27-21/h5-13,16H,4,14-15H2,1-3H3,(H,28,30)/b11-9+. The number of rotatable bonds is 9. The minimum Gasteiger partial charge on any atom is -0.487 e. The van der Waals surface area contributed by atoms with E-state index in [4.69, 9.17) is 16.3 Å². The van der Waals surface area contributed by atoms with Crippen molar-refractivity contribution in [1.82, 2.24) is 9.88 Å². The molecule has 1 aromatic heterocycles. The van der Waals surface area contributed by atoms with Gasteiger partial charge in [-0.3, -0.25) is 9.59 Å². The van der Waals surface area contributed by atoms with E-state index in [-0.39, 0.29) is 18.4 Å². The van der Waals surface area contributed by atoms with Crippen molar-refractivity contribution in [2.45, 2.75) is 27.4 Å². The number of halogens is 1. The number of aromatic nitrogens is 1. The second-order valence-corrected chi connectivity index (χ2v) is 8.91. The number of carbonyl (C=O) groups excluding carboxylic acids is 2. The molecular weight excluding hydrogens is 458 g/mol. The molecule has 2 amide bonds. The maximum atomic E-state index is 12.7. The number of ether oxygens (including phenoxy) is 1. The molecule has 0 aliphatic heterocycles. The molecule has 172 valence electrons. The Morgan fingerprint density at radius 3 is 2.76 bits per heavy atom. The van der Waals surface area contributed by atoms with E-state index in [2.05, 4.69) is 10.3 Å². The predicted octanol–water partition coefficient (Wildman–Crippen LogP) is 5.49. The highest BCUT2D eigenvalue weighted by molar-refractivity contribution is 7.09. The van der Waals surface area contributed by atoms with Crippen LogP contribution in [0.4, 0.5) is 5.69 Å². The zero-order chi connectivity index (χ0) is 23.8. The van der Waals surface area contributed by atoms with Crippen molar-refractivity contribution in [3.63, 3.8) is 0 Å². The third-order valence-corrected chi connectivity index (χ3v) is 5.89. The zero-order valence-electron chi connectivity index (χ0n) is 18.8. The van der Waals surface area contributed by atoms with Crippen molar-refractivity contribution in [1.29, 1.82) is 0 Å². The van der Waals surface area contributed by atoms with Gasteiger partial charge in [0, 0.05) is 28.7 Å². The third kappa shape index (κ3) is 7.44. The highest BCUT2D eigenvalue weighted by atomic mass is 35.5. The summed E-state index contributed by atoms with van der Waals surface area (Å²) in [5.41, 5.74) is 3.24. The third-order valence-electron chi connectivity index (χ3n) is 4.83. The first-order valence-corrected chi connectivity index (χ1v) is 11.8. The molecule has 2 aromatic carbocycles. The van der Waals surface area contributed by atoms with Crippen LogP contribution in [0.25, 0.3) is 6.08 Å². The van der Waals surface area contributed by atoms with Crippen LogP contribution in [-0.2, 0) is 16.2 Å². The van der Waals surface area contributed by atoms with Crippen molar-refractivity contribution in [3.8, 4) is 5.75 Å². The SMILES string of the molecule is CCN(CC(=O)Nc1cc(Cl)ccc1C)C(=O)/C=C/c1cccc(OCc2csc(C)n2)c1. The van der Waals surface area contributed by atoms with Crippen LogP contribution in [0.5, 0.6) is 5.75 Å². The van der Waals surface area contributed by atoms with Gasteiger partial charge in [0.25, 0.3) is 0 Å². The van der Waals surface area contributed by atoms with E-state index in [9.17, 15) is 9.59 Å². The lowest BCUT2D eigenvalue weighted by Gasteiger charge is -2.19. The molecule has 0 fully saturated rings. The molecule has 0 bridgehead atoms. The lowest BCUT2D eigenvalue weighted by atomic mass is 10.2. The summed E-state index contributed by atoms with van der Waals surface area (Å²) in [4.78, 5) is 31.0. The van der Waals surface area contributed by atoms with Crippen LogP contribution in [0.1, 0.15) is 28.8 Å². The maximum Gasteiger partial charge on any atom is 0.247 e. The Morgan fingerprint density at radius 2 is 2.03 bits per heavy atom. The van der Waals surface area contributed by atoms with Crippen LogP contribution in [0.15, 0.2) is 53.9 Å². The van der Waals surface area contributed by atoms with Crippen LogP contribution in [0.3, 0.4) is 0 Å². The molecule has 0 aliphatic rings. The van der Waals surface area contributed by atoms with Crippen molar-refractivity contribution in [3.05, 3.63) is 80.8 Å². The Hall–Kier alpha value is -3.16. The van der Waals surface area contributed by atoms with Gasteiger partial charge in [0.1, 0.15) is 18.9 Å². The van der Waals surface area contributed by atoms with Crippen molar-refractivity contribution in [2.75, 3.05) is 18.4 Å². The number of likely N-dealkylation sites (N-methyl/N-ethyl adjacent to an activating group) is 1. The van der Waals surface area contributed by atoms with Gasteiger partial charge in [-0.05, 0) is 62.2 Å². The Bertz CT molecular complexity index is 1160. The number of nitrogens with zero attached hydrogens (tertiary/aromatic N) is 2. The molecule has 33 heavy (non-hydrogen) atoms. The number of anilines is 1. The summed E-state index contributed by atoms with van der Waals surface area (Å²) in [6.07, 6.45) is 3.17. The number of hydrogen-bond donors (Lipinski definition) is 1. The molecule has 3 aromatic rings. The zero-order valence-corrected chi connectivity index (χ0v) is 20.4. The molecule has 0 unspecified atom stereocenters. The minimum atomic E-state index is -0.281. The van der Waals surface area contributed by atoms with Gasteiger partial charge in [0.2, 0.25) is 11.8 Å². The van der Waals surface area contributed by atoms with E-state index in [0.29, 0.717) is 29.6 Å². The topological polar surface area (TPSA) is 71.5 Å². The van der Waals surface area contributed by atoms with E-state index in [1.165, 1.54) is 11.0 Å². The highest BCUT2D eigenvalue weighted by Crippen LogP contribution is 2.20. The molecule has 0 aliphatic carbocycles. The number of benzene rings is 2. The van der Waals surface area contributed by atoms with Crippen LogP contribution in [0, 0.1) is 13.8 Å². The van der Waals surface area contributed by atoms with E-state index in [1.54, 1.807) is 29.5 Å². The molecule has 8 heteroatoms. The number of amides is 2. The molecule has 6 nitrogen and oxygen atoms in total. The number of carbonyl (C=O) groups is 2. The normalized spacial score (nSPS) is 10.9. The van der Waals surface area contributed by atoms with Crippen LogP contribution >= 0.6 is 22.9 Å². The fraction of sp³-hybridized carbons (Fsp3) is 0.240. The summed E-state index contributed by atoms with van der Waals surface area (Å²) in [6.45, 7) is 6.41. The van der Waals surface area contributed by atoms with Crippen LogP contribution in [0.2, 0.25) is 5.02 Å². The van der Waals surface area contributed by atoms with Crippen LogP contribution < -0.4 is 10.1 Å². The Balaban J connectivity index is 1.57. The van der Waals surface area contributed by atoms with E-state index < -0.39 is 0 Å². The van der Waals surface area contributed by atoms with Gasteiger partial charge in [0.05, 0.1) is 10.7 Å². The summed E-state index contributed by atoms with van der Waals surface area (Å²) >= 11 is 7.60. The van der Waals surface area contributed by atoms with Gasteiger partial charge in [0.15, 0.2) is 0 Å². The summed E-state index contributed by atoms with van der Waals surface area (Å²) < 4.78 is 5.80. The van der Waals surface area contributed by atoms with Gasteiger partial charge in [-0.1, -0.05) is 29.8 Å². The minimum absolute atomic E-state index is 0.0537. The smallest absolute Gasteiger partial charge is 0.247 e. The van der Waals surface area contributed by atoms with E-state index >= 15 is 0 Å². The lowest BCUT2D eigenvalue weighted by molar-refractivity contribution is -0.130. The van der Waals surface area contributed by atoms with Gasteiger partial charge >= 0.3 is 0 Å².